The average Bonchev–Trinajstić information content (AvgIpc) is 2.87. The van der Waals surface area contributed by atoms with Gasteiger partial charge in [-0.2, -0.15) is 0 Å². The highest BCUT2D eigenvalue weighted by atomic mass is 16.5. The van der Waals surface area contributed by atoms with Crippen molar-refractivity contribution in [3.8, 4) is 5.75 Å². The van der Waals surface area contributed by atoms with E-state index >= 15 is 0 Å². The quantitative estimate of drug-likeness (QED) is 0.657. The van der Waals surface area contributed by atoms with Gasteiger partial charge in [-0.3, -0.25) is 14.4 Å². The Bertz CT molecular complexity index is 1080. The number of carbonyl (C=O) groups excluding carboxylic acids is 3. The number of aromatic nitrogens is 1. The molecule has 1 aromatic heterocycles. The van der Waals surface area contributed by atoms with Gasteiger partial charge in [0, 0.05) is 36.4 Å². The molecule has 3 amide bonds. The lowest BCUT2D eigenvalue weighted by Crippen LogP contribution is -2.49. The van der Waals surface area contributed by atoms with E-state index in [9.17, 15) is 14.4 Å². The van der Waals surface area contributed by atoms with Crippen molar-refractivity contribution >= 4 is 23.5 Å². The summed E-state index contributed by atoms with van der Waals surface area (Å²) in [5.41, 5.74) is 1.37. The number of rotatable bonds is 6. The van der Waals surface area contributed by atoms with Crippen LogP contribution in [0.25, 0.3) is 0 Å². The average molecular weight is 493 g/mol. The predicted octanol–water partition coefficient (Wildman–Crippen LogP) is 4.05. The highest BCUT2D eigenvalue weighted by Gasteiger charge is 2.30. The topological polar surface area (TPSA) is 91.8 Å². The SMILES string of the molecule is Cc1cccc(NC(=O)C2CCCN(C(=O)c3ccc(OCC(=O)N4C(C)CCCC4C)cc3)C2)n1. The molecule has 36 heavy (non-hydrogen) atoms. The van der Waals surface area contributed by atoms with Gasteiger partial charge in [-0.05, 0) is 89.3 Å². The first-order valence-corrected chi connectivity index (χ1v) is 12.9. The molecule has 3 atom stereocenters. The number of pyridine rings is 1. The fourth-order valence-electron chi connectivity index (χ4n) is 5.23. The molecule has 2 fully saturated rings. The summed E-state index contributed by atoms with van der Waals surface area (Å²) in [4.78, 5) is 46.6. The Balaban J connectivity index is 1.30. The molecule has 1 N–H and O–H groups in total. The number of nitrogens with one attached hydrogen (secondary N) is 1. The fraction of sp³-hybridized carbons (Fsp3) is 0.500. The van der Waals surface area contributed by atoms with Crippen LogP contribution in [-0.2, 0) is 9.59 Å². The molecule has 3 heterocycles. The third-order valence-corrected chi connectivity index (χ3v) is 7.16. The standard InChI is InChI=1S/C28H36N4O4/c1-19-7-4-11-25(29-19)30-27(34)23-10-6-16-31(17-23)28(35)22-12-14-24(15-13-22)36-18-26(33)32-20(2)8-5-9-21(32)3/h4,7,11-15,20-21,23H,5-6,8-10,16-18H2,1-3H3,(H,29,30,34). The van der Waals surface area contributed by atoms with Crippen LogP contribution in [0.3, 0.4) is 0 Å². The van der Waals surface area contributed by atoms with Gasteiger partial charge in [0.25, 0.3) is 11.8 Å². The zero-order chi connectivity index (χ0) is 25.7. The number of hydrogen-bond acceptors (Lipinski definition) is 5. The largest absolute Gasteiger partial charge is 0.484 e. The van der Waals surface area contributed by atoms with Gasteiger partial charge in [0.05, 0.1) is 5.92 Å². The second-order valence-corrected chi connectivity index (χ2v) is 9.99. The molecule has 0 radical (unpaired) electrons. The van der Waals surface area contributed by atoms with E-state index in [-0.39, 0.29) is 42.3 Å². The van der Waals surface area contributed by atoms with Crippen molar-refractivity contribution in [1.82, 2.24) is 14.8 Å². The first-order valence-electron chi connectivity index (χ1n) is 12.9. The molecular weight excluding hydrogens is 456 g/mol. The molecule has 8 nitrogen and oxygen atoms in total. The van der Waals surface area contributed by atoms with E-state index in [1.807, 2.05) is 24.0 Å². The highest BCUT2D eigenvalue weighted by Crippen LogP contribution is 2.24. The van der Waals surface area contributed by atoms with E-state index in [4.69, 9.17) is 4.74 Å². The summed E-state index contributed by atoms with van der Waals surface area (Å²) in [5.74, 6) is 0.572. The van der Waals surface area contributed by atoms with Gasteiger partial charge in [0.1, 0.15) is 11.6 Å². The summed E-state index contributed by atoms with van der Waals surface area (Å²) in [5, 5.41) is 2.88. The van der Waals surface area contributed by atoms with E-state index in [1.54, 1.807) is 35.2 Å². The molecule has 4 rings (SSSR count). The number of hydrogen-bond donors (Lipinski definition) is 1. The lowest BCUT2D eigenvalue weighted by molar-refractivity contribution is -0.139. The Labute approximate surface area is 213 Å². The second kappa shape index (κ2) is 11.5. The predicted molar refractivity (Wildman–Crippen MR) is 138 cm³/mol. The maximum absolute atomic E-state index is 13.1. The van der Waals surface area contributed by atoms with Gasteiger partial charge in [-0.1, -0.05) is 6.07 Å². The van der Waals surface area contributed by atoms with Crippen molar-refractivity contribution in [2.75, 3.05) is 25.0 Å². The van der Waals surface area contributed by atoms with Gasteiger partial charge in [0.15, 0.2) is 6.61 Å². The Morgan fingerprint density at radius 2 is 1.72 bits per heavy atom. The molecule has 2 saturated heterocycles. The van der Waals surface area contributed by atoms with Crippen LogP contribution in [0.1, 0.15) is 62.0 Å². The number of nitrogens with zero attached hydrogens (tertiary/aromatic N) is 3. The van der Waals surface area contributed by atoms with Crippen LogP contribution in [0.4, 0.5) is 5.82 Å². The van der Waals surface area contributed by atoms with Crippen LogP contribution in [0.2, 0.25) is 0 Å². The summed E-state index contributed by atoms with van der Waals surface area (Å²) in [6.07, 6.45) is 4.69. The van der Waals surface area contributed by atoms with E-state index in [0.717, 1.165) is 37.8 Å². The zero-order valence-corrected chi connectivity index (χ0v) is 21.4. The molecule has 3 unspecified atom stereocenters. The first-order chi connectivity index (χ1) is 17.3. The minimum Gasteiger partial charge on any atom is -0.484 e. The molecule has 0 spiro atoms. The second-order valence-electron chi connectivity index (χ2n) is 9.99. The fourth-order valence-corrected chi connectivity index (χ4v) is 5.23. The number of aryl methyl sites for hydroxylation is 1. The molecule has 2 aliphatic rings. The van der Waals surface area contributed by atoms with Crippen molar-refractivity contribution in [2.24, 2.45) is 5.92 Å². The van der Waals surface area contributed by atoms with Crippen LogP contribution in [-0.4, -0.2) is 64.3 Å². The lowest BCUT2D eigenvalue weighted by atomic mass is 9.96. The van der Waals surface area contributed by atoms with Crippen molar-refractivity contribution in [1.29, 1.82) is 0 Å². The number of amides is 3. The van der Waals surface area contributed by atoms with E-state index in [2.05, 4.69) is 24.1 Å². The minimum absolute atomic E-state index is 0.00616. The monoisotopic (exact) mass is 492 g/mol. The van der Waals surface area contributed by atoms with Gasteiger partial charge in [-0.25, -0.2) is 4.98 Å². The van der Waals surface area contributed by atoms with Gasteiger partial charge in [0.2, 0.25) is 5.91 Å². The summed E-state index contributed by atoms with van der Waals surface area (Å²) in [7, 11) is 0. The maximum Gasteiger partial charge on any atom is 0.260 e. The van der Waals surface area contributed by atoms with Gasteiger partial charge in [-0.15, -0.1) is 0 Å². The summed E-state index contributed by atoms with van der Waals surface area (Å²) >= 11 is 0. The van der Waals surface area contributed by atoms with Crippen molar-refractivity contribution in [2.45, 2.75) is 65.0 Å². The van der Waals surface area contributed by atoms with Crippen molar-refractivity contribution in [3.05, 3.63) is 53.7 Å². The third-order valence-electron chi connectivity index (χ3n) is 7.16. The number of likely N-dealkylation sites (tertiary alicyclic amines) is 2. The Hall–Kier alpha value is -3.42. The Morgan fingerprint density at radius 1 is 1.00 bits per heavy atom. The first kappa shape index (κ1) is 25.7. The van der Waals surface area contributed by atoms with Crippen LogP contribution in [0, 0.1) is 12.8 Å². The number of carbonyl (C=O) groups is 3. The van der Waals surface area contributed by atoms with E-state index < -0.39 is 0 Å². The molecule has 0 bridgehead atoms. The van der Waals surface area contributed by atoms with Crippen molar-refractivity contribution in [3.63, 3.8) is 0 Å². The molecule has 2 aliphatic heterocycles. The van der Waals surface area contributed by atoms with Crippen LogP contribution >= 0.6 is 0 Å². The molecular formula is C28H36N4O4. The lowest BCUT2D eigenvalue weighted by Gasteiger charge is -2.38. The van der Waals surface area contributed by atoms with Crippen LogP contribution in [0.15, 0.2) is 42.5 Å². The zero-order valence-electron chi connectivity index (χ0n) is 21.4. The number of benzene rings is 1. The Morgan fingerprint density at radius 3 is 2.42 bits per heavy atom. The maximum atomic E-state index is 13.1. The minimum atomic E-state index is -0.279. The molecule has 2 aromatic rings. The Kier molecular flexibility index (Phi) is 8.23. The molecule has 192 valence electrons. The van der Waals surface area contributed by atoms with Gasteiger partial charge < -0.3 is 19.9 Å². The molecule has 8 heteroatoms. The number of anilines is 1. The smallest absolute Gasteiger partial charge is 0.260 e. The van der Waals surface area contributed by atoms with E-state index in [1.165, 1.54) is 0 Å². The molecule has 1 aromatic carbocycles. The molecule has 0 saturated carbocycles. The molecule has 0 aliphatic carbocycles. The summed E-state index contributed by atoms with van der Waals surface area (Å²) < 4.78 is 5.74. The third kappa shape index (κ3) is 6.22. The normalized spacial score (nSPS) is 22.1. The van der Waals surface area contributed by atoms with Crippen LogP contribution in [0.5, 0.6) is 5.75 Å². The van der Waals surface area contributed by atoms with Gasteiger partial charge >= 0.3 is 0 Å². The number of ether oxygens (including phenoxy) is 1. The summed E-state index contributed by atoms with van der Waals surface area (Å²) in [6, 6.07) is 12.8. The van der Waals surface area contributed by atoms with E-state index in [0.29, 0.717) is 30.2 Å². The highest BCUT2D eigenvalue weighted by molar-refractivity contribution is 5.96. The number of piperidine rings is 2. The summed E-state index contributed by atoms with van der Waals surface area (Å²) in [6.45, 7) is 7.02. The van der Waals surface area contributed by atoms with Crippen molar-refractivity contribution < 1.29 is 19.1 Å². The van der Waals surface area contributed by atoms with Crippen LogP contribution < -0.4 is 10.1 Å².